The van der Waals surface area contributed by atoms with Crippen molar-refractivity contribution in [3.05, 3.63) is 0 Å². The van der Waals surface area contributed by atoms with E-state index < -0.39 is 0 Å². The van der Waals surface area contributed by atoms with Crippen LogP contribution < -0.4 is 5.32 Å². The molecule has 0 spiro atoms. The van der Waals surface area contributed by atoms with Crippen LogP contribution in [0.5, 0.6) is 0 Å². The van der Waals surface area contributed by atoms with Gasteiger partial charge in [-0.25, -0.2) is 0 Å². The predicted molar refractivity (Wildman–Crippen MR) is 92.0 cm³/mol. The molecule has 0 aromatic rings. The minimum atomic E-state index is -0.130. The van der Waals surface area contributed by atoms with Crippen LogP contribution in [-0.4, -0.2) is 63.3 Å². The third-order valence-electron chi connectivity index (χ3n) is 4.14. The van der Waals surface area contributed by atoms with Gasteiger partial charge in [-0.2, -0.15) is 0 Å². The van der Waals surface area contributed by atoms with E-state index in [1.165, 1.54) is 7.11 Å². The first kappa shape index (κ1) is 18.5. The highest BCUT2D eigenvalue weighted by Gasteiger charge is 2.37. The van der Waals surface area contributed by atoms with Gasteiger partial charge in [0.05, 0.1) is 19.1 Å². The molecule has 6 nitrogen and oxygen atoms in total. The van der Waals surface area contributed by atoms with Crippen molar-refractivity contribution < 1.29 is 14.3 Å². The molecule has 3 unspecified atom stereocenters. The molecule has 2 aliphatic heterocycles. The molecule has 0 aromatic carbocycles. The molecule has 0 amide bonds. The van der Waals surface area contributed by atoms with Crippen LogP contribution in [0.1, 0.15) is 19.8 Å². The molecule has 0 radical (unpaired) electrons. The van der Waals surface area contributed by atoms with Gasteiger partial charge in [-0.05, 0) is 18.8 Å². The molecular weight excluding hydrogens is 385 g/mol. The van der Waals surface area contributed by atoms with E-state index in [0.717, 1.165) is 38.5 Å². The fraction of sp³-hybridized carbons (Fsp3) is 0.857. The first-order valence-electron chi connectivity index (χ1n) is 7.30. The molecule has 0 aromatic heterocycles. The Kier molecular flexibility index (Phi) is 7.72. The van der Waals surface area contributed by atoms with Gasteiger partial charge in [0.1, 0.15) is 0 Å². The van der Waals surface area contributed by atoms with E-state index in [1.807, 2.05) is 0 Å². The number of nitrogens with zero attached hydrogens (tertiary/aromatic N) is 2. The summed E-state index contributed by atoms with van der Waals surface area (Å²) in [6.45, 7) is 5.20. The molecule has 2 heterocycles. The number of guanidine groups is 1. The second kappa shape index (κ2) is 8.77. The number of ether oxygens (including phenoxy) is 2. The zero-order valence-electron chi connectivity index (χ0n) is 13.0. The molecule has 0 bridgehead atoms. The Bertz CT molecular complexity index is 372. The number of aliphatic imine (C=N–C) groups is 1. The Hall–Kier alpha value is -0.570. The van der Waals surface area contributed by atoms with E-state index in [2.05, 4.69) is 22.1 Å². The average Bonchev–Trinajstić information content (AvgIpc) is 3.08. The lowest BCUT2D eigenvalue weighted by Gasteiger charge is -2.22. The summed E-state index contributed by atoms with van der Waals surface area (Å²) in [7, 11) is 3.22. The average molecular weight is 411 g/mol. The summed E-state index contributed by atoms with van der Waals surface area (Å²) in [6.07, 6.45) is 2.52. The predicted octanol–water partition coefficient (Wildman–Crippen LogP) is 1.10. The van der Waals surface area contributed by atoms with Gasteiger partial charge in [0, 0.05) is 33.3 Å². The lowest BCUT2D eigenvalue weighted by molar-refractivity contribution is -0.145. The number of hydrogen-bond acceptors (Lipinski definition) is 4. The minimum absolute atomic E-state index is 0. The van der Waals surface area contributed by atoms with Crippen molar-refractivity contribution >= 4 is 35.9 Å². The Morgan fingerprint density at radius 2 is 2.24 bits per heavy atom. The van der Waals surface area contributed by atoms with Crippen LogP contribution in [0.3, 0.4) is 0 Å². The molecule has 2 rings (SSSR count). The number of carbonyl (C=O) groups excluding carboxylic acids is 1. The second-order valence-electron chi connectivity index (χ2n) is 5.58. The standard InChI is InChI=1S/C14H25N3O3.HI/c1-10-8-17(9-12(10)13(18)19-3)14(15-2)16-7-11-5-4-6-20-11;/h10-12H,4-9H2,1-3H3,(H,15,16);1H. The van der Waals surface area contributed by atoms with Crippen LogP contribution in [0.2, 0.25) is 0 Å². The number of halogens is 1. The third kappa shape index (κ3) is 4.70. The zero-order valence-corrected chi connectivity index (χ0v) is 15.3. The molecule has 0 saturated carbocycles. The summed E-state index contributed by atoms with van der Waals surface area (Å²) in [4.78, 5) is 18.2. The maximum atomic E-state index is 11.7. The van der Waals surface area contributed by atoms with E-state index in [4.69, 9.17) is 9.47 Å². The van der Waals surface area contributed by atoms with Gasteiger partial charge in [0.25, 0.3) is 0 Å². The van der Waals surface area contributed by atoms with Crippen LogP contribution in [0.25, 0.3) is 0 Å². The van der Waals surface area contributed by atoms with E-state index in [1.54, 1.807) is 7.05 Å². The lowest BCUT2D eigenvalue weighted by Crippen LogP contribution is -2.43. The largest absolute Gasteiger partial charge is 0.469 e. The van der Waals surface area contributed by atoms with E-state index in [9.17, 15) is 4.79 Å². The number of nitrogens with one attached hydrogen (secondary N) is 1. The zero-order chi connectivity index (χ0) is 14.5. The fourth-order valence-electron chi connectivity index (χ4n) is 2.94. The van der Waals surface area contributed by atoms with Crippen molar-refractivity contribution in [3.63, 3.8) is 0 Å². The van der Waals surface area contributed by atoms with Crippen LogP contribution in [0.4, 0.5) is 0 Å². The molecule has 3 atom stereocenters. The van der Waals surface area contributed by atoms with Crippen LogP contribution in [0, 0.1) is 11.8 Å². The molecular formula is C14H26IN3O3. The topological polar surface area (TPSA) is 63.2 Å². The highest BCUT2D eigenvalue weighted by Crippen LogP contribution is 2.24. The summed E-state index contributed by atoms with van der Waals surface area (Å²) >= 11 is 0. The number of likely N-dealkylation sites (tertiary alicyclic amines) is 1. The van der Waals surface area contributed by atoms with Gasteiger partial charge in [0.15, 0.2) is 5.96 Å². The Labute approximate surface area is 143 Å². The normalized spacial score (nSPS) is 29.2. The van der Waals surface area contributed by atoms with Crippen molar-refractivity contribution in [1.29, 1.82) is 0 Å². The first-order chi connectivity index (χ1) is 9.65. The van der Waals surface area contributed by atoms with Gasteiger partial charge in [-0.15, -0.1) is 24.0 Å². The van der Waals surface area contributed by atoms with Crippen molar-refractivity contribution in [3.8, 4) is 0 Å². The summed E-state index contributed by atoms with van der Waals surface area (Å²) in [5.74, 6) is 0.929. The maximum absolute atomic E-state index is 11.7. The molecule has 21 heavy (non-hydrogen) atoms. The number of rotatable bonds is 3. The first-order valence-corrected chi connectivity index (χ1v) is 7.30. The molecule has 2 aliphatic rings. The van der Waals surface area contributed by atoms with Gasteiger partial charge in [-0.1, -0.05) is 6.92 Å². The van der Waals surface area contributed by atoms with E-state index >= 15 is 0 Å². The van der Waals surface area contributed by atoms with Crippen LogP contribution in [-0.2, 0) is 14.3 Å². The maximum Gasteiger partial charge on any atom is 0.310 e. The lowest BCUT2D eigenvalue weighted by atomic mass is 9.99. The van der Waals surface area contributed by atoms with Crippen molar-refractivity contribution in [1.82, 2.24) is 10.2 Å². The Morgan fingerprint density at radius 3 is 2.81 bits per heavy atom. The SMILES string of the molecule is CN=C(NCC1CCCO1)N1CC(C)C(C(=O)OC)C1.I. The molecule has 1 N–H and O–H groups in total. The molecule has 7 heteroatoms. The van der Waals surface area contributed by atoms with E-state index in [-0.39, 0.29) is 47.9 Å². The molecule has 122 valence electrons. The minimum Gasteiger partial charge on any atom is -0.469 e. The van der Waals surface area contributed by atoms with E-state index in [0.29, 0.717) is 6.54 Å². The Morgan fingerprint density at radius 1 is 1.48 bits per heavy atom. The highest BCUT2D eigenvalue weighted by molar-refractivity contribution is 14.0. The molecule has 2 fully saturated rings. The summed E-state index contributed by atoms with van der Waals surface area (Å²) in [6, 6.07) is 0. The number of hydrogen-bond donors (Lipinski definition) is 1. The summed E-state index contributed by atoms with van der Waals surface area (Å²) < 4.78 is 10.5. The molecule has 0 aliphatic carbocycles. The van der Waals surface area contributed by atoms with Gasteiger partial charge in [0.2, 0.25) is 0 Å². The number of methoxy groups -OCH3 is 1. The Balaban J connectivity index is 0.00000220. The van der Waals surface area contributed by atoms with Crippen LogP contribution >= 0.6 is 24.0 Å². The molecule has 2 saturated heterocycles. The van der Waals surface area contributed by atoms with Gasteiger partial charge < -0.3 is 19.7 Å². The van der Waals surface area contributed by atoms with Crippen molar-refractivity contribution in [2.24, 2.45) is 16.8 Å². The number of esters is 1. The quantitative estimate of drug-likeness (QED) is 0.326. The summed E-state index contributed by atoms with van der Waals surface area (Å²) in [5.41, 5.74) is 0. The highest BCUT2D eigenvalue weighted by atomic mass is 127. The second-order valence-corrected chi connectivity index (χ2v) is 5.58. The van der Waals surface area contributed by atoms with Gasteiger partial charge in [-0.3, -0.25) is 9.79 Å². The van der Waals surface area contributed by atoms with Crippen molar-refractivity contribution in [2.75, 3.05) is 40.4 Å². The number of carbonyl (C=O) groups is 1. The fourth-order valence-corrected chi connectivity index (χ4v) is 2.94. The van der Waals surface area contributed by atoms with Crippen molar-refractivity contribution in [2.45, 2.75) is 25.9 Å². The third-order valence-corrected chi connectivity index (χ3v) is 4.14. The van der Waals surface area contributed by atoms with Crippen LogP contribution in [0.15, 0.2) is 4.99 Å². The van der Waals surface area contributed by atoms with Gasteiger partial charge >= 0.3 is 5.97 Å². The summed E-state index contributed by atoms with van der Waals surface area (Å²) in [5, 5.41) is 3.35. The monoisotopic (exact) mass is 411 g/mol. The smallest absolute Gasteiger partial charge is 0.310 e.